The van der Waals surface area contributed by atoms with Gasteiger partial charge in [0.1, 0.15) is 4.84 Å². The van der Waals surface area contributed by atoms with E-state index in [9.17, 15) is 0 Å². The Morgan fingerprint density at radius 3 is 2.30 bits per heavy atom. The standard InChI is InChI=1S/C6H6Cl3N/c7-5(8)6(9)3-1-2-4-10-6/h1-5,10H. The Bertz CT molecular complexity index is 176. The number of alkyl halides is 3. The first-order chi connectivity index (χ1) is 4.65. The maximum absolute atomic E-state index is 5.90. The minimum Gasteiger partial charge on any atom is -0.367 e. The van der Waals surface area contributed by atoms with Crippen LogP contribution in [0.25, 0.3) is 0 Å². The second-order valence-corrected chi connectivity index (χ2v) is 3.65. The normalized spacial score (nSPS) is 30.8. The van der Waals surface area contributed by atoms with Gasteiger partial charge >= 0.3 is 0 Å². The number of hydrogen-bond acceptors (Lipinski definition) is 1. The van der Waals surface area contributed by atoms with Gasteiger partial charge in [-0.3, -0.25) is 0 Å². The van der Waals surface area contributed by atoms with Crippen molar-refractivity contribution in [2.45, 2.75) is 9.83 Å². The Kier molecular flexibility index (Phi) is 2.50. The Labute approximate surface area is 74.6 Å². The van der Waals surface area contributed by atoms with Crippen LogP contribution in [-0.2, 0) is 0 Å². The zero-order valence-corrected chi connectivity index (χ0v) is 7.29. The van der Waals surface area contributed by atoms with E-state index in [0.29, 0.717) is 0 Å². The lowest BCUT2D eigenvalue weighted by molar-refractivity contribution is 0.665. The van der Waals surface area contributed by atoms with Gasteiger partial charge in [0.05, 0.1) is 0 Å². The van der Waals surface area contributed by atoms with E-state index in [-0.39, 0.29) is 0 Å². The molecule has 4 heteroatoms. The summed E-state index contributed by atoms with van der Waals surface area (Å²) in [5.74, 6) is 0. The van der Waals surface area contributed by atoms with E-state index in [1.165, 1.54) is 0 Å². The van der Waals surface area contributed by atoms with Crippen molar-refractivity contribution in [1.29, 1.82) is 0 Å². The molecule has 0 aromatic carbocycles. The lowest BCUT2D eigenvalue weighted by Gasteiger charge is -2.26. The molecule has 1 atom stereocenters. The zero-order chi connectivity index (χ0) is 7.61. The molecule has 0 saturated carbocycles. The average Bonchev–Trinajstić information content (AvgIpc) is 1.89. The first-order valence-corrected chi connectivity index (χ1v) is 3.99. The summed E-state index contributed by atoms with van der Waals surface area (Å²) in [5.41, 5.74) is 0. The molecular weight excluding hydrogens is 192 g/mol. The summed E-state index contributed by atoms with van der Waals surface area (Å²) < 4.78 is 0. The molecule has 0 spiro atoms. The SMILES string of the molecule is ClC(Cl)C1(Cl)C=CC=CN1. The molecule has 1 nitrogen and oxygen atoms in total. The molecule has 0 aliphatic carbocycles. The molecule has 10 heavy (non-hydrogen) atoms. The highest BCUT2D eigenvalue weighted by molar-refractivity contribution is 6.50. The van der Waals surface area contributed by atoms with Gasteiger partial charge in [0.2, 0.25) is 0 Å². The smallest absolute Gasteiger partial charge is 0.161 e. The van der Waals surface area contributed by atoms with E-state index < -0.39 is 9.83 Å². The van der Waals surface area contributed by atoms with Crippen molar-refractivity contribution in [1.82, 2.24) is 5.32 Å². The van der Waals surface area contributed by atoms with Gasteiger partial charge in [0.25, 0.3) is 0 Å². The van der Waals surface area contributed by atoms with Crippen LogP contribution in [0.1, 0.15) is 0 Å². The van der Waals surface area contributed by atoms with Crippen LogP contribution < -0.4 is 5.32 Å². The first kappa shape index (κ1) is 8.25. The molecule has 1 aliphatic heterocycles. The Morgan fingerprint density at radius 1 is 1.30 bits per heavy atom. The Hall–Kier alpha value is 0.150. The summed E-state index contributed by atoms with van der Waals surface area (Å²) in [6, 6.07) is 0. The highest BCUT2D eigenvalue weighted by atomic mass is 35.5. The molecule has 0 bridgehead atoms. The third-order valence-electron chi connectivity index (χ3n) is 1.17. The van der Waals surface area contributed by atoms with E-state index in [4.69, 9.17) is 34.8 Å². The van der Waals surface area contributed by atoms with Gasteiger partial charge in [0, 0.05) is 0 Å². The third-order valence-corrected chi connectivity index (χ3v) is 2.53. The highest BCUT2D eigenvalue weighted by Gasteiger charge is 2.31. The van der Waals surface area contributed by atoms with Crippen LogP contribution in [0.5, 0.6) is 0 Å². The molecule has 1 rings (SSSR count). The van der Waals surface area contributed by atoms with Crippen molar-refractivity contribution in [3.05, 3.63) is 24.4 Å². The number of nitrogens with one attached hydrogen (secondary N) is 1. The number of hydrogen-bond donors (Lipinski definition) is 1. The van der Waals surface area contributed by atoms with Crippen molar-refractivity contribution >= 4 is 34.8 Å². The van der Waals surface area contributed by atoms with E-state index in [0.717, 1.165) is 0 Å². The monoisotopic (exact) mass is 197 g/mol. The predicted molar refractivity (Wildman–Crippen MR) is 45.5 cm³/mol. The molecule has 1 heterocycles. The maximum atomic E-state index is 5.90. The van der Waals surface area contributed by atoms with Gasteiger partial charge in [-0.2, -0.15) is 0 Å². The summed E-state index contributed by atoms with van der Waals surface area (Å²) in [5, 5.41) is 2.83. The van der Waals surface area contributed by atoms with Crippen LogP contribution in [0.3, 0.4) is 0 Å². The molecule has 0 aromatic rings. The van der Waals surface area contributed by atoms with Crippen LogP contribution in [0.2, 0.25) is 0 Å². The van der Waals surface area contributed by atoms with Gasteiger partial charge in [0.15, 0.2) is 5.00 Å². The topological polar surface area (TPSA) is 12.0 Å². The summed E-state index contributed by atoms with van der Waals surface area (Å²) in [4.78, 5) is -1.49. The van der Waals surface area contributed by atoms with Gasteiger partial charge in [-0.05, 0) is 18.4 Å². The van der Waals surface area contributed by atoms with E-state index in [1.807, 2.05) is 6.08 Å². The predicted octanol–water partition coefficient (Wildman–Crippen LogP) is 2.40. The maximum Gasteiger partial charge on any atom is 0.161 e. The minimum absolute atomic E-state index is 0.657. The Balaban J connectivity index is 2.70. The van der Waals surface area contributed by atoms with Crippen LogP contribution in [0.15, 0.2) is 24.4 Å². The fourth-order valence-electron chi connectivity index (χ4n) is 0.611. The van der Waals surface area contributed by atoms with Gasteiger partial charge in [-0.25, -0.2) is 0 Å². The van der Waals surface area contributed by atoms with Crippen molar-refractivity contribution in [2.75, 3.05) is 0 Å². The second kappa shape index (κ2) is 3.04. The van der Waals surface area contributed by atoms with Crippen LogP contribution >= 0.6 is 34.8 Å². The number of allylic oxidation sites excluding steroid dienone is 2. The van der Waals surface area contributed by atoms with Crippen LogP contribution in [0.4, 0.5) is 0 Å². The third kappa shape index (κ3) is 1.60. The van der Waals surface area contributed by atoms with E-state index in [1.54, 1.807) is 18.4 Å². The lowest BCUT2D eigenvalue weighted by atomic mass is 10.2. The molecule has 0 aromatic heterocycles. The number of dihydropyridines is 1. The molecule has 0 amide bonds. The fourth-order valence-corrected chi connectivity index (χ4v) is 1.02. The van der Waals surface area contributed by atoms with Crippen molar-refractivity contribution in [3.63, 3.8) is 0 Å². The fraction of sp³-hybridized carbons (Fsp3) is 0.333. The lowest BCUT2D eigenvalue weighted by Crippen LogP contribution is -2.41. The molecule has 1 unspecified atom stereocenters. The summed E-state index contributed by atoms with van der Waals surface area (Å²) in [7, 11) is 0. The number of rotatable bonds is 1. The largest absolute Gasteiger partial charge is 0.367 e. The highest BCUT2D eigenvalue weighted by Crippen LogP contribution is 2.27. The summed E-state index contributed by atoms with van der Waals surface area (Å²) >= 11 is 17.1. The molecule has 1 aliphatic rings. The van der Waals surface area contributed by atoms with Gasteiger partial charge in [-0.15, -0.1) is 23.2 Å². The first-order valence-electron chi connectivity index (χ1n) is 2.74. The zero-order valence-electron chi connectivity index (χ0n) is 5.02. The summed E-state index contributed by atoms with van der Waals surface area (Å²) in [6.07, 6.45) is 7.02. The second-order valence-electron chi connectivity index (χ2n) is 1.93. The summed E-state index contributed by atoms with van der Waals surface area (Å²) in [6.45, 7) is 0. The quantitative estimate of drug-likeness (QED) is 0.504. The molecule has 56 valence electrons. The average molecular weight is 198 g/mol. The molecular formula is C6H6Cl3N. The molecule has 1 N–H and O–H groups in total. The van der Waals surface area contributed by atoms with Crippen molar-refractivity contribution in [2.24, 2.45) is 0 Å². The molecule has 0 fully saturated rings. The number of halogens is 3. The van der Waals surface area contributed by atoms with Crippen LogP contribution in [-0.4, -0.2) is 9.83 Å². The van der Waals surface area contributed by atoms with E-state index in [2.05, 4.69) is 5.32 Å². The van der Waals surface area contributed by atoms with Crippen LogP contribution in [0, 0.1) is 0 Å². The van der Waals surface area contributed by atoms with E-state index >= 15 is 0 Å². The van der Waals surface area contributed by atoms with Crippen molar-refractivity contribution in [3.8, 4) is 0 Å². The van der Waals surface area contributed by atoms with Gasteiger partial charge in [-0.1, -0.05) is 17.7 Å². The molecule has 0 radical (unpaired) electrons. The minimum atomic E-state index is -0.835. The molecule has 0 saturated heterocycles. The Morgan fingerprint density at radius 2 is 2.00 bits per heavy atom. The van der Waals surface area contributed by atoms with Gasteiger partial charge < -0.3 is 5.32 Å². The van der Waals surface area contributed by atoms with Crippen molar-refractivity contribution < 1.29 is 0 Å².